The summed E-state index contributed by atoms with van der Waals surface area (Å²) in [5.41, 5.74) is 2.20. The van der Waals surface area contributed by atoms with Crippen molar-refractivity contribution < 1.29 is 57.6 Å². The van der Waals surface area contributed by atoms with Crippen molar-refractivity contribution in [2.75, 3.05) is 37.3 Å². The SMILES string of the molecule is CO/C(C(=O)Cc1ccc(C(=O)C[C@@H](CC#N)C(=O)Nc2ccc(C(=O)Nc3ccc(C(=O)Nc4ccc(C(C)=O)c(O)c4OC)c(O)c3OC)cc2)cc1)=C(/C)c1ccc(F)cc1. The van der Waals surface area contributed by atoms with Crippen LogP contribution in [0.25, 0.3) is 5.57 Å². The number of amides is 3. The summed E-state index contributed by atoms with van der Waals surface area (Å²) >= 11 is 0. The number of aromatic hydroxyl groups is 2. The number of nitriles is 1. The molecule has 0 bridgehead atoms. The summed E-state index contributed by atoms with van der Waals surface area (Å²) in [5.74, 6) is -6.02. The number of hydrogen-bond acceptors (Lipinski definition) is 12. The zero-order chi connectivity index (χ0) is 46.7. The minimum absolute atomic E-state index is 0.0121. The molecular weight excluding hydrogens is 828 g/mol. The number of allylic oxidation sites excluding steroid dienone is 2. The van der Waals surface area contributed by atoms with Gasteiger partial charge in [-0.15, -0.1) is 0 Å². The number of carbonyl (C=O) groups is 6. The van der Waals surface area contributed by atoms with Crippen molar-refractivity contribution in [1.82, 2.24) is 0 Å². The highest BCUT2D eigenvalue weighted by Crippen LogP contribution is 2.41. The first-order chi connectivity index (χ1) is 30.6. The number of benzene rings is 5. The topological polar surface area (TPSA) is 230 Å². The molecule has 0 saturated carbocycles. The average Bonchev–Trinajstić information content (AvgIpc) is 3.27. The number of ketones is 3. The van der Waals surface area contributed by atoms with E-state index in [2.05, 4.69) is 16.0 Å². The number of Topliss-reactive ketones (excluding diaryl/α,β-unsaturated/α-hetero) is 3. The first-order valence-electron chi connectivity index (χ1n) is 19.5. The summed E-state index contributed by atoms with van der Waals surface area (Å²) in [6.07, 6.45) is -0.578. The quantitative estimate of drug-likeness (QED) is 0.0322. The van der Waals surface area contributed by atoms with Gasteiger partial charge in [0.1, 0.15) is 5.82 Å². The molecule has 0 aliphatic rings. The molecule has 0 aliphatic heterocycles. The van der Waals surface area contributed by atoms with E-state index in [1.54, 1.807) is 31.2 Å². The van der Waals surface area contributed by atoms with Gasteiger partial charge in [0.2, 0.25) is 11.7 Å². The Bertz CT molecular complexity index is 2690. The molecule has 5 N–H and O–H groups in total. The number of nitrogens with zero attached hydrogens (tertiary/aromatic N) is 1. The Morgan fingerprint density at radius 1 is 0.672 bits per heavy atom. The first kappa shape index (κ1) is 46.7. The van der Waals surface area contributed by atoms with Gasteiger partial charge < -0.3 is 40.4 Å². The Morgan fingerprint density at radius 3 is 1.75 bits per heavy atom. The molecule has 16 heteroatoms. The highest BCUT2D eigenvalue weighted by Gasteiger charge is 2.25. The van der Waals surface area contributed by atoms with Crippen molar-refractivity contribution in [3.8, 4) is 29.1 Å². The van der Waals surface area contributed by atoms with Crippen molar-refractivity contribution in [2.24, 2.45) is 5.92 Å². The molecule has 328 valence electrons. The molecular formula is C48H43FN4O11. The highest BCUT2D eigenvalue weighted by atomic mass is 19.1. The van der Waals surface area contributed by atoms with Gasteiger partial charge in [0.15, 0.2) is 40.3 Å². The smallest absolute Gasteiger partial charge is 0.259 e. The van der Waals surface area contributed by atoms with Gasteiger partial charge in [-0.3, -0.25) is 28.8 Å². The van der Waals surface area contributed by atoms with E-state index in [-0.39, 0.29) is 81.6 Å². The fourth-order valence-electron chi connectivity index (χ4n) is 6.64. The van der Waals surface area contributed by atoms with Crippen LogP contribution >= 0.6 is 0 Å². The van der Waals surface area contributed by atoms with Crippen LogP contribution in [0.2, 0.25) is 0 Å². The number of nitrogens with one attached hydrogen (secondary N) is 3. The zero-order valence-corrected chi connectivity index (χ0v) is 35.3. The van der Waals surface area contributed by atoms with E-state index in [9.17, 15) is 48.6 Å². The molecule has 0 aromatic heterocycles. The van der Waals surface area contributed by atoms with Crippen LogP contribution in [0.5, 0.6) is 23.0 Å². The number of rotatable bonds is 18. The maximum Gasteiger partial charge on any atom is 0.259 e. The van der Waals surface area contributed by atoms with Crippen LogP contribution in [-0.2, 0) is 20.7 Å². The standard InChI is InChI=1S/C48H43FN4O11/c1-26(29-10-14-33(49)15-11-29)43(62-3)40(56)24-28-6-8-30(9-7-28)39(55)25-32(22-23-50)47(60)51-34-16-12-31(13-17-34)46(59)52-37-21-19-36(42(58)45(37)64-5)48(61)53-38-20-18-35(27(2)54)41(57)44(38)63-4/h6-21,32,57-58H,22,24-25H2,1-5H3,(H,51,60)(H,52,59)(H,53,61)/b43-26-/t32-/m1/s1. The van der Waals surface area contributed by atoms with Crippen LogP contribution in [-0.4, -0.2) is 66.6 Å². The number of anilines is 3. The first-order valence-corrected chi connectivity index (χ1v) is 19.5. The second kappa shape index (κ2) is 21.0. The minimum Gasteiger partial charge on any atom is -0.504 e. The summed E-state index contributed by atoms with van der Waals surface area (Å²) in [4.78, 5) is 77.9. The van der Waals surface area contributed by atoms with Crippen LogP contribution in [0.15, 0.2) is 103 Å². The minimum atomic E-state index is -1.02. The number of halogens is 1. The second-order valence-electron chi connectivity index (χ2n) is 14.3. The Hall–Kier alpha value is -8.32. The number of phenolic OH excluding ortho intramolecular Hbond substituents is 2. The van der Waals surface area contributed by atoms with E-state index in [1.807, 2.05) is 6.07 Å². The normalized spacial score (nSPS) is 11.5. The molecule has 0 radical (unpaired) electrons. The third kappa shape index (κ3) is 10.9. The number of methoxy groups -OCH3 is 3. The van der Waals surface area contributed by atoms with Crippen LogP contribution in [0.1, 0.15) is 79.2 Å². The molecule has 0 saturated heterocycles. The van der Waals surface area contributed by atoms with Gasteiger partial charge in [0, 0.05) is 41.6 Å². The van der Waals surface area contributed by atoms with Crippen LogP contribution in [0.4, 0.5) is 21.5 Å². The van der Waals surface area contributed by atoms with Gasteiger partial charge in [-0.1, -0.05) is 36.4 Å². The van der Waals surface area contributed by atoms with E-state index >= 15 is 0 Å². The molecule has 0 aliphatic carbocycles. The summed E-state index contributed by atoms with van der Waals surface area (Å²) in [6, 6.07) is 24.8. The van der Waals surface area contributed by atoms with E-state index in [1.165, 1.54) is 101 Å². The molecule has 3 amide bonds. The fourth-order valence-corrected chi connectivity index (χ4v) is 6.64. The van der Waals surface area contributed by atoms with Crippen molar-refractivity contribution >= 4 is 57.7 Å². The summed E-state index contributed by atoms with van der Waals surface area (Å²) in [5, 5.41) is 38.7. The maximum atomic E-state index is 13.4. The molecule has 64 heavy (non-hydrogen) atoms. The number of carbonyl (C=O) groups excluding carboxylic acids is 6. The maximum absolute atomic E-state index is 13.4. The summed E-state index contributed by atoms with van der Waals surface area (Å²) < 4.78 is 29.3. The predicted molar refractivity (Wildman–Crippen MR) is 234 cm³/mol. The summed E-state index contributed by atoms with van der Waals surface area (Å²) in [6.45, 7) is 2.95. The molecule has 0 unspecified atom stereocenters. The third-order valence-electron chi connectivity index (χ3n) is 10.1. The van der Waals surface area contributed by atoms with Gasteiger partial charge in [-0.05, 0) is 85.6 Å². The van der Waals surface area contributed by atoms with Gasteiger partial charge in [0.05, 0.1) is 55.8 Å². The predicted octanol–water partition coefficient (Wildman–Crippen LogP) is 7.89. The second-order valence-corrected chi connectivity index (χ2v) is 14.3. The highest BCUT2D eigenvalue weighted by molar-refractivity contribution is 6.11. The van der Waals surface area contributed by atoms with E-state index in [0.29, 0.717) is 16.7 Å². The lowest BCUT2D eigenvalue weighted by molar-refractivity contribution is -0.120. The summed E-state index contributed by atoms with van der Waals surface area (Å²) in [7, 11) is 3.83. The Labute approximate surface area is 367 Å². The number of ether oxygens (including phenoxy) is 3. The van der Waals surface area contributed by atoms with E-state index < -0.39 is 52.5 Å². The van der Waals surface area contributed by atoms with Crippen LogP contribution in [0.3, 0.4) is 0 Å². The molecule has 0 spiro atoms. The van der Waals surface area contributed by atoms with Gasteiger partial charge >= 0.3 is 0 Å². The molecule has 1 atom stereocenters. The Kier molecular flexibility index (Phi) is 15.3. The van der Waals surface area contributed by atoms with Gasteiger partial charge in [-0.2, -0.15) is 5.26 Å². The molecule has 5 rings (SSSR count). The molecule has 5 aromatic rings. The lowest BCUT2D eigenvalue weighted by atomic mass is 9.94. The molecule has 5 aromatic carbocycles. The van der Waals surface area contributed by atoms with Crippen LogP contribution < -0.4 is 25.4 Å². The number of hydrogen-bond donors (Lipinski definition) is 5. The largest absolute Gasteiger partial charge is 0.504 e. The average molecular weight is 871 g/mol. The zero-order valence-electron chi connectivity index (χ0n) is 35.3. The van der Waals surface area contributed by atoms with Crippen molar-refractivity contribution in [3.63, 3.8) is 0 Å². The van der Waals surface area contributed by atoms with E-state index in [4.69, 9.17) is 14.2 Å². The monoisotopic (exact) mass is 870 g/mol. The lowest BCUT2D eigenvalue weighted by Gasteiger charge is -2.16. The lowest BCUT2D eigenvalue weighted by Crippen LogP contribution is -2.25. The van der Waals surface area contributed by atoms with E-state index in [0.717, 1.165) is 0 Å². The van der Waals surface area contributed by atoms with Gasteiger partial charge in [0.25, 0.3) is 11.8 Å². The van der Waals surface area contributed by atoms with Gasteiger partial charge in [-0.25, -0.2) is 4.39 Å². The van der Waals surface area contributed by atoms with Crippen LogP contribution in [0, 0.1) is 23.1 Å². The molecule has 0 heterocycles. The van der Waals surface area contributed by atoms with Crippen molar-refractivity contribution in [3.05, 3.63) is 142 Å². The molecule has 15 nitrogen and oxygen atoms in total. The Morgan fingerprint density at radius 2 is 1.20 bits per heavy atom. The Balaban J connectivity index is 1.19. The fraction of sp³-hybridized carbons (Fsp3) is 0.188. The van der Waals surface area contributed by atoms with Crippen molar-refractivity contribution in [2.45, 2.75) is 33.1 Å². The molecule has 0 fully saturated rings. The van der Waals surface area contributed by atoms with Crippen molar-refractivity contribution in [1.29, 1.82) is 5.26 Å². The third-order valence-corrected chi connectivity index (χ3v) is 10.1. The number of phenols is 2.